The van der Waals surface area contributed by atoms with Crippen LogP contribution in [0.3, 0.4) is 0 Å². The van der Waals surface area contributed by atoms with Gasteiger partial charge in [-0.15, -0.1) is 5.11 Å². The third kappa shape index (κ3) is 2.97. The van der Waals surface area contributed by atoms with Crippen LogP contribution in [0.5, 0.6) is 0 Å². The van der Waals surface area contributed by atoms with E-state index in [2.05, 4.69) is 15.4 Å². The molecule has 1 rings (SSSR count). The quantitative estimate of drug-likeness (QED) is 0.410. The van der Waals surface area contributed by atoms with Crippen LogP contribution in [0.2, 0.25) is 0 Å². The largest absolute Gasteiger partial charge is 0.481 e. The molecule has 0 amide bonds. The Bertz CT molecular complexity index is 288. The summed E-state index contributed by atoms with van der Waals surface area (Å²) in [6.45, 7) is 7.34. The average Bonchev–Trinajstić information content (AvgIpc) is 2.52. The Balaban J connectivity index is 2.69. The van der Waals surface area contributed by atoms with Gasteiger partial charge in [-0.05, 0) is 27.2 Å². The lowest BCUT2D eigenvalue weighted by Crippen LogP contribution is -2.36. The van der Waals surface area contributed by atoms with Gasteiger partial charge in [-0.3, -0.25) is 9.47 Å². The van der Waals surface area contributed by atoms with Crippen LogP contribution in [0.4, 0.5) is 0 Å². The summed E-state index contributed by atoms with van der Waals surface area (Å²) < 4.78 is 10.4. The number of ether oxygens (including phenoxy) is 2. The van der Waals surface area contributed by atoms with Crippen molar-refractivity contribution in [3.05, 3.63) is 0 Å². The molecule has 86 valence electrons. The molecule has 0 spiro atoms. The highest BCUT2D eigenvalue weighted by molar-refractivity contribution is 5.80. The number of nitrogens with zero attached hydrogens (tertiary/aromatic N) is 3. The van der Waals surface area contributed by atoms with Gasteiger partial charge in [0.2, 0.25) is 0 Å². The Labute approximate surface area is 89.3 Å². The summed E-state index contributed by atoms with van der Waals surface area (Å²) in [5, 5.41) is 11.5. The molecule has 1 aliphatic rings. The molecule has 1 unspecified atom stereocenters. The second-order valence-corrected chi connectivity index (χ2v) is 3.75. The molecule has 0 aliphatic carbocycles. The van der Waals surface area contributed by atoms with Gasteiger partial charge >= 0.3 is 6.10 Å². The normalized spacial score (nSPS) is 29.5. The molecular weight excluding hydrogens is 198 g/mol. The molecule has 0 radical (unpaired) electrons. The van der Waals surface area contributed by atoms with E-state index in [1.807, 2.05) is 13.8 Å². The minimum Gasteiger partial charge on any atom is -0.308 e. The van der Waals surface area contributed by atoms with Crippen LogP contribution in [0.1, 0.15) is 34.1 Å². The first-order chi connectivity index (χ1) is 6.93. The standard InChI is InChI=1S/C9H17N3O3/c1-6-7(2)10-15-9(13-5)12-11-8(3,4)14-9/h6H2,1-5H3/b10-7+. The van der Waals surface area contributed by atoms with Crippen LogP contribution in [-0.2, 0) is 14.3 Å². The maximum Gasteiger partial charge on any atom is 0.481 e. The lowest BCUT2D eigenvalue weighted by atomic mass is 10.3. The van der Waals surface area contributed by atoms with E-state index in [1.54, 1.807) is 13.8 Å². The molecule has 0 aromatic carbocycles. The summed E-state index contributed by atoms with van der Waals surface area (Å²) in [6, 6.07) is 0. The molecule has 0 N–H and O–H groups in total. The van der Waals surface area contributed by atoms with E-state index in [0.29, 0.717) is 0 Å². The first-order valence-electron chi connectivity index (χ1n) is 4.84. The third-order valence-electron chi connectivity index (χ3n) is 1.88. The molecule has 0 saturated carbocycles. The number of hydrogen-bond acceptors (Lipinski definition) is 6. The van der Waals surface area contributed by atoms with Gasteiger partial charge in [0, 0.05) is 7.11 Å². The predicted octanol–water partition coefficient (Wildman–Crippen LogP) is 2.27. The van der Waals surface area contributed by atoms with Crippen molar-refractivity contribution in [1.82, 2.24) is 0 Å². The van der Waals surface area contributed by atoms with Crippen LogP contribution in [-0.4, -0.2) is 24.6 Å². The van der Waals surface area contributed by atoms with E-state index in [0.717, 1.165) is 12.1 Å². The van der Waals surface area contributed by atoms with E-state index in [-0.39, 0.29) is 0 Å². The number of hydrogen-bond donors (Lipinski definition) is 0. The molecule has 1 atom stereocenters. The summed E-state index contributed by atoms with van der Waals surface area (Å²) in [5.41, 5.74) is 0.0842. The number of rotatable bonds is 4. The van der Waals surface area contributed by atoms with Crippen molar-refractivity contribution >= 4 is 5.71 Å². The highest BCUT2D eigenvalue weighted by Gasteiger charge is 2.47. The van der Waals surface area contributed by atoms with E-state index in [1.165, 1.54) is 7.11 Å². The van der Waals surface area contributed by atoms with Crippen molar-refractivity contribution in [3.8, 4) is 0 Å². The minimum atomic E-state index is -1.53. The van der Waals surface area contributed by atoms with Crippen molar-refractivity contribution in [3.63, 3.8) is 0 Å². The fourth-order valence-electron chi connectivity index (χ4n) is 0.895. The van der Waals surface area contributed by atoms with Crippen LogP contribution < -0.4 is 0 Å². The van der Waals surface area contributed by atoms with Gasteiger partial charge in [0.25, 0.3) is 0 Å². The SMILES string of the molecule is CC/C(C)=N/OC1(OC)N=NC(C)(C)O1. The Morgan fingerprint density at radius 1 is 1.40 bits per heavy atom. The van der Waals surface area contributed by atoms with Gasteiger partial charge in [-0.2, -0.15) is 0 Å². The molecule has 15 heavy (non-hydrogen) atoms. The second kappa shape index (κ2) is 4.24. The van der Waals surface area contributed by atoms with Gasteiger partial charge in [0.1, 0.15) is 0 Å². The van der Waals surface area contributed by atoms with Crippen molar-refractivity contribution in [1.29, 1.82) is 0 Å². The molecule has 0 bridgehead atoms. The molecule has 0 aromatic rings. The first-order valence-corrected chi connectivity index (χ1v) is 4.84. The number of azo groups is 1. The Morgan fingerprint density at radius 3 is 2.47 bits per heavy atom. The third-order valence-corrected chi connectivity index (χ3v) is 1.88. The fraction of sp³-hybridized carbons (Fsp3) is 0.889. The second-order valence-electron chi connectivity index (χ2n) is 3.75. The van der Waals surface area contributed by atoms with E-state index in [4.69, 9.17) is 14.3 Å². The van der Waals surface area contributed by atoms with Crippen LogP contribution in [0.15, 0.2) is 15.4 Å². The zero-order valence-corrected chi connectivity index (χ0v) is 9.77. The average molecular weight is 215 g/mol. The maximum absolute atomic E-state index is 5.40. The van der Waals surface area contributed by atoms with E-state index >= 15 is 0 Å². The van der Waals surface area contributed by atoms with Gasteiger partial charge in [0.05, 0.1) is 5.71 Å². The minimum absolute atomic E-state index is 0.744. The zero-order chi connectivity index (χ0) is 11.5. The highest BCUT2D eigenvalue weighted by atomic mass is 16.9. The Hall–Kier alpha value is -1.01. The molecule has 0 saturated heterocycles. The molecule has 0 fully saturated rings. The summed E-state index contributed by atoms with van der Waals surface area (Å²) in [6.07, 6.45) is -0.736. The molecule has 6 nitrogen and oxygen atoms in total. The molecule has 1 heterocycles. The van der Waals surface area contributed by atoms with E-state index in [9.17, 15) is 0 Å². The Kier molecular flexibility index (Phi) is 3.41. The van der Waals surface area contributed by atoms with E-state index < -0.39 is 11.8 Å². The maximum atomic E-state index is 5.40. The van der Waals surface area contributed by atoms with Crippen LogP contribution >= 0.6 is 0 Å². The number of methoxy groups -OCH3 is 1. The molecular formula is C9H17N3O3. The van der Waals surface area contributed by atoms with Gasteiger partial charge < -0.3 is 4.84 Å². The van der Waals surface area contributed by atoms with Crippen molar-refractivity contribution in [2.75, 3.05) is 7.11 Å². The first kappa shape index (κ1) is 12.1. The zero-order valence-electron chi connectivity index (χ0n) is 9.77. The molecule has 0 aromatic heterocycles. The Morgan fingerprint density at radius 2 is 2.07 bits per heavy atom. The fourth-order valence-corrected chi connectivity index (χ4v) is 0.895. The van der Waals surface area contributed by atoms with Gasteiger partial charge in [-0.25, -0.2) is 0 Å². The summed E-state index contributed by atoms with van der Waals surface area (Å²) in [5.74, 6) is 0. The van der Waals surface area contributed by atoms with Crippen LogP contribution in [0.25, 0.3) is 0 Å². The summed E-state index contributed by atoms with van der Waals surface area (Å²) >= 11 is 0. The van der Waals surface area contributed by atoms with Crippen molar-refractivity contribution < 1.29 is 14.3 Å². The molecule has 6 heteroatoms. The summed E-state index contributed by atoms with van der Waals surface area (Å²) in [4.78, 5) is 5.11. The predicted molar refractivity (Wildman–Crippen MR) is 54.2 cm³/mol. The van der Waals surface area contributed by atoms with Crippen LogP contribution in [0, 0.1) is 0 Å². The lowest BCUT2D eigenvalue weighted by Gasteiger charge is -2.22. The summed E-state index contributed by atoms with van der Waals surface area (Å²) in [7, 11) is 1.43. The highest BCUT2D eigenvalue weighted by Crippen LogP contribution is 2.33. The number of oxime groups is 1. The smallest absolute Gasteiger partial charge is 0.308 e. The van der Waals surface area contributed by atoms with Crippen molar-refractivity contribution in [2.45, 2.75) is 45.9 Å². The van der Waals surface area contributed by atoms with Gasteiger partial charge in [-0.1, -0.05) is 17.2 Å². The lowest BCUT2D eigenvalue weighted by molar-refractivity contribution is -0.377. The van der Waals surface area contributed by atoms with Crippen molar-refractivity contribution in [2.24, 2.45) is 15.4 Å². The monoisotopic (exact) mass is 215 g/mol. The molecule has 1 aliphatic heterocycles. The van der Waals surface area contributed by atoms with Gasteiger partial charge in [0.15, 0.2) is 5.72 Å². The topological polar surface area (TPSA) is 64.8 Å².